The smallest absolute Gasteiger partial charge is 0.337 e. The molecule has 0 bridgehead atoms. The summed E-state index contributed by atoms with van der Waals surface area (Å²) in [7, 11) is 1.33. The van der Waals surface area contributed by atoms with Crippen LogP contribution in [-0.2, 0) is 11.3 Å². The van der Waals surface area contributed by atoms with E-state index < -0.39 is 5.97 Å². The lowest BCUT2D eigenvalue weighted by atomic mass is 10.1. The number of carbonyl (C=O) groups excluding carboxylic acids is 2. The summed E-state index contributed by atoms with van der Waals surface area (Å²) < 4.78 is 4.61. The summed E-state index contributed by atoms with van der Waals surface area (Å²) in [5.74, 6) is -0.673. The molecule has 0 aliphatic heterocycles. The van der Waals surface area contributed by atoms with Crippen LogP contribution in [0.3, 0.4) is 0 Å². The first-order chi connectivity index (χ1) is 9.60. The second kappa shape index (κ2) is 6.16. The molecule has 0 fully saturated rings. The highest BCUT2D eigenvalue weighted by Gasteiger charge is 2.09. The van der Waals surface area contributed by atoms with E-state index >= 15 is 0 Å². The van der Waals surface area contributed by atoms with Gasteiger partial charge in [-0.05, 0) is 17.7 Å². The number of nitrogens with two attached hydrogens (primary N) is 1. The molecule has 0 unspecified atom stereocenters. The second-order valence-electron chi connectivity index (χ2n) is 3.94. The van der Waals surface area contributed by atoms with E-state index in [2.05, 4.69) is 15.0 Å². The fraction of sp³-hybridized carbons (Fsp3) is 0.154. The largest absolute Gasteiger partial charge is 0.465 e. The number of ether oxygens (including phenoxy) is 1. The molecule has 104 valence electrons. The molecule has 6 nitrogen and oxygen atoms in total. The number of hydrogen-bond acceptors (Lipinski definition) is 6. The predicted molar refractivity (Wildman–Crippen MR) is 75.5 cm³/mol. The van der Waals surface area contributed by atoms with Crippen molar-refractivity contribution in [2.75, 3.05) is 12.8 Å². The van der Waals surface area contributed by atoms with E-state index in [1.165, 1.54) is 18.4 Å². The van der Waals surface area contributed by atoms with Crippen molar-refractivity contribution in [3.05, 3.63) is 46.5 Å². The first kappa shape index (κ1) is 14.0. The first-order valence-electron chi connectivity index (χ1n) is 5.76. The van der Waals surface area contributed by atoms with Gasteiger partial charge in [0.1, 0.15) is 5.69 Å². The van der Waals surface area contributed by atoms with Crippen LogP contribution in [0, 0.1) is 0 Å². The molecule has 0 saturated carbocycles. The molecule has 2 rings (SSSR count). The van der Waals surface area contributed by atoms with Crippen LogP contribution in [0.25, 0.3) is 0 Å². The SMILES string of the molecule is COC(=O)c1ccc(CNC(=O)c2csc(N)n2)cc1. The zero-order chi connectivity index (χ0) is 14.5. The summed E-state index contributed by atoms with van der Waals surface area (Å²) in [5, 5.41) is 4.69. The van der Waals surface area contributed by atoms with E-state index in [9.17, 15) is 9.59 Å². The van der Waals surface area contributed by atoms with Gasteiger partial charge < -0.3 is 15.8 Å². The Balaban J connectivity index is 1.94. The number of benzene rings is 1. The number of methoxy groups -OCH3 is 1. The number of aromatic nitrogens is 1. The summed E-state index contributed by atoms with van der Waals surface area (Å²) in [5.41, 5.74) is 7.11. The molecule has 3 N–H and O–H groups in total. The van der Waals surface area contributed by atoms with Crippen LogP contribution in [-0.4, -0.2) is 24.0 Å². The third-order valence-electron chi connectivity index (χ3n) is 2.58. The summed E-state index contributed by atoms with van der Waals surface area (Å²) in [6, 6.07) is 6.80. The second-order valence-corrected chi connectivity index (χ2v) is 4.83. The van der Waals surface area contributed by atoms with Crippen LogP contribution >= 0.6 is 11.3 Å². The fourth-order valence-corrected chi connectivity index (χ4v) is 2.08. The number of nitrogens with zero attached hydrogens (tertiary/aromatic N) is 1. The van der Waals surface area contributed by atoms with Crippen LogP contribution in [0.1, 0.15) is 26.4 Å². The number of amides is 1. The molecule has 7 heteroatoms. The number of esters is 1. The normalized spacial score (nSPS) is 10.1. The molecule has 0 saturated heterocycles. The third kappa shape index (κ3) is 3.33. The molecule has 0 atom stereocenters. The molecular formula is C13H13N3O3S. The predicted octanol–water partition coefficient (Wildman–Crippen LogP) is 1.44. The Bertz CT molecular complexity index is 622. The zero-order valence-electron chi connectivity index (χ0n) is 10.8. The standard InChI is InChI=1S/C13H13N3O3S/c1-19-12(18)9-4-2-8(3-5-9)6-15-11(17)10-7-20-13(14)16-10/h2-5,7H,6H2,1H3,(H2,14,16)(H,15,17). The molecule has 0 aliphatic rings. The lowest BCUT2D eigenvalue weighted by Gasteiger charge is -2.04. The van der Waals surface area contributed by atoms with E-state index in [0.29, 0.717) is 22.9 Å². The van der Waals surface area contributed by atoms with E-state index in [1.54, 1.807) is 29.6 Å². The van der Waals surface area contributed by atoms with Crippen LogP contribution in [0.5, 0.6) is 0 Å². The molecular weight excluding hydrogens is 278 g/mol. The maximum atomic E-state index is 11.8. The number of thiazole rings is 1. The molecule has 20 heavy (non-hydrogen) atoms. The van der Waals surface area contributed by atoms with E-state index in [4.69, 9.17) is 5.73 Å². The lowest BCUT2D eigenvalue weighted by molar-refractivity contribution is 0.0600. The lowest BCUT2D eigenvalue weighted by Crippen LogP contribution is -2.23. The summed E-state index contributed by atoms with van der Waals surface area (Å²) in [6.07, 6.45) is 0. The van der Waals surface area contributed by atoms with Crippen LogP contribution in [0.15, 0.2) is 29.6 Å². The van der Waals surface area contributed by atoms with Crippen LogP contribution in [0.4, 0.5) is 5.13 Å². The molecule has 1 aromatic heterocycles. The van der Waals surface area contributed by atoms with Gasteiger partial charge in [-0.1, -0.05) is 12.1 Å². The van der Waals surface area contributed by atoms with E-state index in [0.717, 1.165) is 5.56 Å². The summed E-state index contributed by atoms with van der Waals surface area (Å²) >= 11 is 1.22. The Morgan fingerprint density at radius 1 is 1.35 bits per heavy atom. The number of carbonyl (C=O) groups is 2. The Kier molecular flexibility index (Phi) is 4.31. The summed E-state index contributed by atoms with van der Waals surface area (Å²) in [4.78, 5) is 26.9. The van der Waals surface area contributed by atoms with Crippen molar-refractivity contribution in [2.24, 2.45) is 0 Å². The van der Waals surface area contributed by atoms with Gasteiger partial charge in [0, 0.05) is 11.9 Å². The van der Waals surface area contributed by atoms with Crippen LogP contribution < -0.4 is 11.1 Å². The average Bonchev–Trinajstić information content (AvgIpc) is 2.91. The molecule has 1 heterocycles. The monoisotopic (exact) mass is 291 g/mol. The van der Waals surface area contributed by atoms with Crippen LogP contribution in [0.2, 0.25) is 0 Å². The van der Waals surface area contributed by atoms with Gasteiger partial charge in [-0.2, -0.15) is 0 Å². The fourth-order valence-electron chi connectivity index (χ4n) is 1.54. The highest BCUT2D eigenvalue weighted by Crippen LogP contribution is 2.11. The first-order valence-corrected chi connectivity index (χ1v) is 6.64. The summed E-state index contributed by atoms with van der Waals surface area (Å²) in [6.45, 7) is 0.345. The van der Waals surface area contributed by atoms with Gasteiger partial charge in [0.15, 0.2) is 5.13 Å². The van der Waals surface area contributed by atoms with Crippen molar-refractivity contribution in [2.45, 2.75) is 6.54 Å². The van der Waals surface area contributed by atoms with Gasteiger partial charge in [-0.3, -0.25) is 4.79 Å². The number of nitrogen functional groups attached to an aromatic ring is 1. The third-order valence-corrected chi connectivity index (χ3v) is 3.26. The highest BCUT2D eigenvalue weighted by atomic mass is 32.1. The van der Waals surface area contributed by atoms with Crippen molar-refractivity contribution in [3.8, 4) is 0 Å². The van der Waals surface area contributed by atoms with Crippen molar-refractivity contribution in [1.29, 1.82) is 0 Å². The highest BCUT2D eigenvalue weighted by molar-refractivity contribution is 7.13. The maximum Gasteiger partial charge on any atom is 0.337 e. The maximum absolute atomic E-state index is 11.8. The molecule has 0 radical (unpaired) electrons. The minimum atomic E-state index is -0.390. The topological polar surface area (TPSA) is 94.3 Å². The van der Waals surface area contributed by atoms with Gasteiger partial charge in [0.2, 0.25) is 0 Å². The molecule has 0 spiro atoms. The minimum absolute atomic E-state index is 0.282. The molecule has 2 aromatic rings. The quantitative estimate of drug-likeness (QED) is 0.831. The van der Waals surface area contributed by atoms with Gasteiger partial charge in [-0.25, -0.2) is 9.78 Å². The van der Waals surface area contributed by atoms with E-state index in [1.807, 2.05) is 0 Å². The van der Waals surface area contributed by atoms with Crippen molar-refractivity contribution in [3.63, 3.8) is 0 Å². The van der Waals surface area contributed by atoms with Crippen molar-refractivity contribution < 1.29 is 14.3 Å². The average molecular weight is 291 g/mol. The zero-order valence-corrected chi connectivity index (χ0v) is 11.6. The molecule has 1 aromatic carbocycles. The molecule has 0 aliphatic carbocycles. The Morgan fingerprint density at radius 3 is 2.60 bits per heavy atom. The van der Waals surface area contributed by atoms with Gasteiger partial charge in [-0.15, -0.1) is 11.3 Å². The number of hydrogen-bond donors (Lipinski definition) is 2. The van der Waals surface area contributed by atoms with Gasteiger partial charge >= 0.3 is 5.97 Å². The number of anilines is 1. The Labute approximate surface area is 119 Å². The van der Waals surface area contributed by atoms with E-state index in [-0.39, 0.29) is 5.91 Å². The molecule has 1 amide bonds. The van der Waals surface area contributed by atoms with Crippen molar-refractivity contribution in [1.82, 2.24) is 10.3 Å². The minimum Gasteiger partial charge on any atom is -0.465 e. The van der Waals surface area contributed by atoms with Gasteiger partial charge in [0.05, 0.1) is 12.7 Å². The Morgan fingerprint density at radius 2 is 2.05 bits per heavy atom. The van der Waals surface area contributed by atoms with Crippen molar-refractivity contribution >= 4 is 28.3 Å². The van der Waals surface area contributed by atoms with Gasteiger partial charge in [0.25, 0.3) is 5.91 Å². The Hall–Kier alpha value is -2.41. The number of rotatable bonds is 4. The number of nitrogens with one attached hydrogen (secondary N) is 1.